The molecule has 2 aliphatic heterocycles. The van der Waals surface area contributed by atoms with Crippen LogP contribution in [0.2, 0.25) is 0 Å². The molecule has 17 N–H and O–H groups in total. The molecule has 0 unspecified atom stereocenters. The van der Waals surface area contributed by atoms with Gasteiger partial charge in [-0.05, 0) is 166 Å². The molecule has 16 aromatic rings. The van der Waals surface area contributed by atoms with E-state index in [0.717, 1.165) is 189 Å². The van der Waals surface area contributed by atoms with E-state index in [1.54, 1.807) is 0 Å². The molecule has 16 bridgehead atoms. The highest BCUT2D eigenvalue weighted by molar-refractivity contribution is 5.97. The third-order valence-corrected chi connectivity index (χ3v) is 20.6. The van der Waals surface area contributed by atoms with Gasteiger partial charge in [0.15, 0.2) is 0 Å². The van der Waals surface area contributed by atoms with Crippen molar-refractivity contribution in [3.05, 3.63) is 459 Å². The van der Waals surface area contributed by atoms with E-state index in [4.69, 9.17) is 42.9 Å². The molecule has 0 fully saturated rings. The number of H-pyrrole nitrogens is 8. The van der Waals surface area contributed by atoms with E-state index in [2.05, 4.69) is 252 Å². The van der Waals surface area contributed by atoms with Gasteiger partial charge in [0.1, 0.15) is 29.0 Å². The van der Waals surface area contributed by atoms with Crippen molar-refractivity contribution in [1.29, 1.82) is 16.2 Å². The van der Waals surface area contributed by atoms with Gasteiger partial charge in [-0.2, -0.15) is 0 Å². The van der Waals surface area contributed by atoms with E-state index in [9.17, 15) is 0 Å². The molecule has 0 atom stereocenters. The van der Waals surface area contributed by atoms with Crippen LogP contribution in [-0.4, -0.2) is 70.6 Å². The van der Waals surface area contributed by atoms with Crippen molar-refractivity contribution in [3.63, 3.8) is 0 Å². The Bertz CT molecular complexity index is 6780. The van der Waals surface area contributed by atoms with Crippen LogP contribution in [0.25, 0.3) is 44.6 Å². The fourth-order valence-corrected chi connectivity index (χ4v) is 15.3. The third-order valence-electron chi connectivity index (χ3n) is 20.6. The fourth-order valence-electron chi connectivity index (χ4n) is 15.3. The number of nitrogens with one attached hydrogen (secondary N) is 11. The molecule has 18 rings (SSSR count). The highest BCUT2D eigenvalue weighted by atomic mass is 16.5. The van der Waals surface area contributed by atoms with E-state index < -0.39 is 0 Å². The average molecular weight is 1430 g/mol. The summed E-state index contributed by atoms with van der Waals surface area (Å²) in [5.41, 5.74) is 42.8. The lowest BCUT2D eigenvalue weighted by atomic mass is 10.0. The molecule has 0 amide bonds. The minimum absolute atomic E-state index is 0.0159. The van der Waals surface area contributed by atoms with Crippen molar-refractivity contribution in [1.82, 2.24) is 39.9 Å². The largest absolute Gasteiger partial charge is 0.493 e. The maximum atomic E-state index is 8.22. The van der Waals surface area contributed by atoms with Crippen LogP contribution >= 0.6 is 0 Å². The first-order chi connectivity index (χ1) is 54.0. The molecule has 0 radical (unpaired) electrons. The number of benzene rings is 8. The molecular weight excluding hydrogens is 1360 g/mol. The predicted molar refractivity (Wildman–Crippen MR) is 436 cm³/mol. The maximum Gasteiger partial charge on any atom is 0.122 e. The molecule has 0 aliphatic carbocycles. The molecule has 0 saturated heterocycles. The summed E-state index contributed by atoms with van der Waals surface area (Å²) in [6, 6.07) is 106. The first-order valence-corrected chi connectivity index (χ1v) is 36.5. The Hall–Kier alpha value is -15.0. The molecule has 2 aliphatic rings. The van der Waals surface area contributed by atoms with E-state index >= 15 is 0 Å². The summed E-state index contributed by atoms with van der Waals surface area (Å²) in [6.07, 6.45) is 0.632. The Morgan fingerprint density at radius 1 is 0.209 bits per heavy atom. The zero-order chi connectivity index (χ0) is 74.3. The quantitative estimate of drug-likeness (QED) is 0.0240. The number of amidine groups is 3. The normalized spacial score (nSPS) is 12.7. The molecule has 0 saturated carbocycles. The van der Waals surface area contributed by atoms with Crippen LogP contribution in [0.3, 0.4) is 0 Å². The van der Waals surface area contributed by atoms with Crippen LogP contribution in [0.5, 0.6) is 11.5 Å². The number of nitrogens with two attached hydrogens (primary N) is 3. The van der Waals surface area contributed by atoms with Gasteiger partial charge < -0.3 is 66.5 Å². The predicted octanol–water partition coefficient (Wildman–Crippen LogP) is 10.6. The number of rotatable bonds is 17. The molecule has 8 aromatic heterocycles. The maximum absolute atomic E-state index is 8.22. The van der Waals surface area contributed by atoms with Crippen LogP contribution in [-0.2, 0) is 0 Å². The van der Waals surface area contributed by atoms with Crippen LogP contribution in [0.15, 0.2) is 309 Å². The van der Waals surface area contributed by atoms with Crippen molar-refractivity contribution in [2.24, 2.45) is 17.2 Å². The summed E-state index contributed by atoms with van der Waals surface area (Å²) in [4.78, 5) is 31.0. The Labute approximate surface area is 631 Å². The summed E-state index contributed by atoms with van der Waals surface area (Å²) in [6.45, 7) is 0.852. The number of aromatic amines is 8. The molecule has 110 heavy (non-hydrogen) atoms. The second-order valence-electron chi connectivity index (χ2n) is 27.5. The Morgan fingerprint density at radius 2 is 0.391 bits per heavy atom. The van der Waals surface area contributed by atoms with Gasteiger partial charge in [-0.1, -0.05) is 188 Å². The van der Waals surface area contributed by atoms with Crippen molar-refractivity contribution >= 4 is 62.1 Å². The lowest BCUT2D eigenvalue weighted by Gasteiger charge is -2.12. The molecular formula is C94H74N14O2. The Morgan fingerprint density at radius 3 is 0.582 bits per heavy atom. The van der Waals surface area contributed by atoms with Gasteiger partial charge in [0.2, 0.25) is 0 Å². The summed E-state index contributed by atoms with van der Waals surface area (Å²) >= 11 is 0. The van der Waals surface area contributed by atoms with Gasteiger partial charge in [0.05, 0.1) is 13.2 Å². The number of fused-ring (bicyclic) bond motifs is 16. The Kier molecular flexibility index (Phi) is 17.3. The number of nitrogen functional groups attached to an aromatic ring is 3. The van der Waals surface area contributed by atoms with Gasteiger partial charge in [-0.25, -0.2) is 0 Å². The highest BCUT2D eigenvalue weighted by Gasteiger charge is 2.23. The summed E-state index contributed by atoms with van der Waals surface area (Å²) in [7, 11) is 0. The van der Waals surface area contributed by atoms with Gasteiger partial charge in [-0.15, -0.1) is 0 Å². The van der Waals surface area contributed by atoms with E-state index in [0.29, 0.717) is 36.3 Å². The minimum Gasteiger partial charge on any atom is -0.493 e. The van der Waals surface area contributed by atoms with Crippen LogP contribution in [0, 0.1) is 16.2 Å². The van der Waals surface area contributed by atoms with Crippen molar-refractivity contribution in [2.45, 2.75) is 6.42 Å². The fraction of sp³-hybridized carbons (Fsp3) is 0.0319. The number of ether oxygens (including phenoxy) is 2. The van der Waals surface area contributed by atoms with Gasteiger partial charge in [0.25, 0.3) is 0 Å². The van der Waals surface area contributed by atoms with Crippen molar-refractivity contribution in [3.8, 4) is 11.5 Å². The Balaban J connectivity index is 0.658. The molecule has 532 valence electrons. The zero-order valence-electron chi connectivity index (χ0n) is 59.6. The summed E-state index contributed by atoms with van der Waals surface area (Å²) in [5.74, 6) is 1.42. The summed E-state index contributed by atoms with van der Waals surface area (Å²) < 4.78 is 13.0. The molecule has 0 spiro atoms. The third kappa shape index (κ3) is 12.9. The van der Waals surface area contributed by atoms with Crippen LogP contribution < -0.4 is 69.5 Å². The lowest BCUT2D eigenvalue weighted by molar-refractivity contribution is 0.247. The smallest absolute Gasteiger partial charge is 0.122 e. The number of hydrogen-bond donors (Lipinski definition) is 14. The monoisotopic (exact) mass is 1430 g/mol. The van der Waals surface area contributed by atoms with E-state index in [-0.39, 0.29) is 17.5 Å². The molecule has 10 heterocycles. The molecule has 8 aromatic carbocycles. The zero-order valence-corrected chi connectivity index (χ0v) is 59.6. The standard InChI is InChI=1S/C94H74N14O2/c95-92(96)63-23-17-58(18-24-63)87-74-45-47-76(105-74)88(59-19-25-64(26-20-59)93(97)98)78-49-51-82(107-78)91(83-52-50-79(108-83)89(77-48-46-75(87)106-77)60-21-27-65(28-22-60)94(99)100)62-31-35-67(36-32-62)110-54-10-53-109-66-33-29-61(30-34-66)90-80-43-41-72(103-80)85(56-13-6-2-7-14-56)70-39-37-68(101-70)84(55-11-4-1-5-12-55)69-38-40-71(102-69)86(57-15-8-3-9-16-57)73-42-44-81(90)104-73/h1-9,11-52,101-108H,10,53-54H2,(H3,95,96)(H3,97,98)(H3,99,100). The molecule has 16 nitrogen and oxygen atoms in total. The van der Waals surface area contributed by atoms with Crippen molar-refractivity contribution in [2.75, 3.05) is 13.2 Å². The van der Waals surface area contributed by atoms with Gasteiger partial charge >= 0.3 is 0 Å². The first-order valence-electron chi connectivity index (χ1n) is 36.5. The van der Waals surface area contributed by atoms with Crippen molar-refractivity contribution < 1.29 is 9.47 Å². The second kappa shape index (κ2) is 28.4. The van der Waals surface area contributed by atoms with Gasteiger partial charge in [0, 0.05) is 156 Å². The average Bonchev–Trinajstić information content (AvgIpc) is 1.62. The number of aromatic nitrogens is 8. The summed E-state index contributed by atoms with van der Waals surface area (Å²) in [5, 5.41) is 31.9. The van der Waals surface area contributed by atoms with Crippen LogP contribution in [0.1, 0.15) is 113 Å². The van der Waals surface area contributed by atoms with Gasteiger partial charge in [-0.3, -0.25) is 16.2 Å². The second-order valence-corrected chi connectivity index (χ2v) is 27.5. The topological polar surface area (TPSA) is 294 Å². The lowest BCUT2D eigenvalue weighted by Crippen LogP contribution is -2.19. The number of hydrogen-bond acceptors (Lipinski definition) is 5. The SMILES string of the molecule is N=C(N)c1ccc(C2=c3ccc([nH]3)=C(c3ccc(OCCCOc4ccc(C5=c6ccc([nH]6)=C(c6ccccc6)c6ccc([nH]6)C(c6ccccc6)=c6ccc([nH]6)=C(c6ccccc6)c6ccc5[nH]6)cc4)cc3)c3ccc([nH]3)C(c3ccc(C(=N)N)cc3)=c3ccc([nH]3)=C(c3ccc(C(=N)N)cc3)c3ccc2[nH]3)cc1. The van der Waals surface area contributed by atoms with E-state index in [1.807, 2.05) is 97.1 Å². The minimum atomic E-state index is -0.0161. The van der Waals surface area contributed by atoms with E-state index in [1.165, 1.54) is 0 Å². The molecule has 16 heteroatoms. The van der Waals surface area contributed by atoms with Crippen LogP contribution in [0.4, 0.5) is 0 Å². The highest BCUT2D eigenvalue weighted by Crippen LogP contribution is 2.33. The first kappa shape index (κ1) is 66.9.